The summed E-state index contributed by atoms with van der Waals surface area (Å²) in [5, 5.41) is 0. The van der Waals surface area contributed by atoms with Gasteiger partial charge in [0.2, 0.25) is 0 Å². The molecule has 1 aromatic rings. The first-order valence-corrected chi connectivity index (χ1v) is 7.52. The van der Waals surface area contributed by atoms with Crippen molar-refractivity contribution in [3.63, 3.8) is 0 Å². The Balaban J connectivity index is 0.000000861. The van der Waals surface area contributed by atoms with Crippen molar-refractivity contribution in [2.45, 2.75) is 59.8 Å². The number of aryl methyl sites for hydroxylation is 3. The third-order valence-corrected chi connectivity index (χ3v) is 4.29. The number of rotatable bonds is 4. The first-order chi connectivity index (χ1) is 9.06. The summed E-state index contributed by atoms with van der Waals surface area (Å²) in [4.78, 5) is 0. The third kappa shape index (κ3) is 3.79. The molecule has 0 bridgehead atoms. The van der Waals surface area contributed by atoms with Crippen LogP contribution in [0.2, 0.25) is 0 Å². The highest BCUT2D eigenvalue weighted by molar-refractivity contribution is 5.30. The molecule has 0 aromatic heterocycles. The van der Waals surface area contributed by atoms with Gasteiger partial charge in [0, 0.05) is 0 Å². The largest absolute Gasteiger partial charge is 0.330 e. The SMILES string of the molecule is CC.Cc1cc(CCC2(CN)CCC2)cc(C)c1F. The lowest BCUT2D eigenvalue weighted by Crippen LogP contribution is -2.37. The zero-order valence-corrected chi connectivity index (χ0v) is 12.9. The van der Waals surface area contributed by atoms with Crippen molar-refractivity contribution in [1.82, 2.24) is 0 Å². The molecule has 0 radical (unpaired) electrons. The van der Waals surface area contributed by atoms with Crippen molar-refractivity contribution < 1.29 is 4.39 Å². The van der Waals surface area contributed by atoms with E-state index in [1.165, 1.54) is 24.8 Å². The summed E-state index contributed by atoms with van der Waals surface area (Å²) in [5.74, 6) is -0.0640. The molecule has 108 valence electrons. The van der Waals surface area contributed by atoms with E-state index in [0.717, 1.165) is 30.5 Å². The molecule has 2 rings (SSSR count). The fourth-order valence-corrected chi connectivity index (χ4v) is 2.82. The van der Waals surface area contributed by atoms with E-state index in [2.05, 4.69) is 0 Å². The van der Waals surface area contributed by atoms with Gasteiger partial charge >= 0.3 is 0 Å². The fraction of sp³-hybridized carbons (Fsp3) is 0.647. The highest BCUT2D eigenvalue weighted by Gasteiger charge is 2.34. The molecular weight excluding hydrogens is 237 g/mol. The lowest BCUT2D eigenvalue weighted by atomic mass is 9.66. The lowest BCUT2D eigenvalue weighted by Gasteiger charge is -2.41. The van der Waals surface area contributed by atoms with E-state index in [0.29, 0.717) is 5.41 Å². The molecule has 1 aromatic carbocycles. The number of nitrogens with two attached hydrogens (primary N) is 1. The zero-order chi connectivity index (χ0) is 14.5. The molecule has 1 aliphatic rings. The molecule has 1 saturated carbocycles. The first kappa shape index (κ1) is 16.2. The summed E-state index contributed by atoms with van der Waals surface area (Å²) in [6.45, 7) is 8.48. The van der Waals surface area contributed by atoms with Crippen LogP contribution >= 0.6 is 0 Å². The topological polar surface area (TPSA) is 26.0 Å². The predicted molar refractivity (Wildman–Crippen MR) is 80.9 cm³/mol. The second kappa shape index (κ2) is 7.04. The number of hydrogen-bond acceptors (Lipinski definition) is 1. The van der Waals surface area contributed by atoms with E-state index < -0.39 is 0 Å². The Labute approximate surface area is 117 Å². The highest BCUT2D eigenvalue weighted by atomic mass is 19.1. The van der Waals surface area contributed by atoms with Gasteiger partial charge in [-0.2, -0.15) is 0 Å². The van der Waals surface area contributed by atoms with Crippen molar-refractivity contribution in [2.24, 2.45) is 11.1 Å². The van der Waals surface area contributed by atoms with E-state index in [-0.39, 0.29) is 5.82 Å². The van der Waals surface area contributed by atoms with Gasteiger partial charge in [0.25, 0.3) is 0 Å². The molecule has 19 heavy (non-hydrogen) atoms. The molecular formula is C17H28FN. The van der Waals surface area contributed by atoms with Crippen molar-refractivity contribution in [1.29, 1.82) is 0 Å². The van der Waals surface area contributed by atoms with E-state index in [1.807, 2.05) is 39.8 Å². The van der Waals surface area contributed by atoms with Gasteiger partial charge in [0.15, 0.2) is 0 Å². The van der Waals surface area contributed by atoms with Gasteiger partial charge in [0.1, 0.15) is 5.82 Å². The molecule has 0 heterocycles. The van der Waals surface area contributed by atoms with Gasteiger partial charge in [-0.05, 0) is 68.2 Å². The van der Waals surface area contributed by atoms with E-state index in [1.54, 1.807) is 0 Å². The van der Waals surface area contributed by atoms with Crippen LogP contribution in [0.4, 0.5) is 4.39 Å². The average molecular weight is 265 g/mol. The van der Waals surface area contributed by atoms with Crippen LogP contribution in [-0.4, -0.2) is 6.54 Å². The summed E-state index contributed by atoms with van der Waals surface area (Å²) >= 11 is 0. The molecule has 0 aliphatic heterocycles. The number of halogens is 1. The summed E-state index contributed by atoms with van der Waals surface area (Å²) in [5.41, 5.74) is 9.01. The minimum absolute atomic E-state index is 0.0640. The molecule has 1 aliphatic carbocycles. The Hall–Kier alpha value is -0.890. The summed E-state index contributed by atoms with van der Waals surface area (Å²) in [6, 6.07) is 3.95. The minimum atomic E-state index is -0.0640. The van der Waals surface area contributed by atoms with Gasteiger partial charge in [-0.1, -0.05) is 32.4 Å². The van der Waals surface area contributed by atoms with Crippen LogP contribution in [0, 0.1) is 25.1 Å². The highest BCUT2D eigenvalue weighted by Crippen LogP contribution is 2.43. The maximum absolute atomic E-state index is 13.5. The standard InChI is InChI=1S/C15H22FN.C2H6/c1-11-8-13(9-12(2)14(11)16)4-7-15(10-17)5-3-6-15;1-2/h8-9H,3-7,10,17H2,1-2H3;1-2H3. The fourth-order valence-electron chi connectivity index (χ4n) is 2.82. The molecule has 0 saturated heterocycles. The molecule has 0 spiro atoms. The third-order valence-electron chi connectivity index (χ3n) is 4.29. The molecule has 1 fully saturated rings. The number of benzene rings is 1. The van der Waals surface area contributed by atoms with Gasteiger partial charge < -0.3 is 5.73 Å². The van der Waals surface area contributed by atoms with Crippen molar-refractivity contribution in [3.05, 3.63) is 34.6 Å². The lowest BCUT2D eigenvalue weighted by molar-refractivity contribution is 0.131. The van der Waals surface area contributed by atoms with Gasteiger partial charge in [0.05, 0.1) is 0 Å². The van der Waals surface area contributed by atoms with Crippen LogP contribution in [0.1, 0.15) is 56.2 Å². The second-order valence-corrected chi connectivity index (χ2v) is 5.60. The van der Waals surface area contributed by atoms with Crippen LogP contribution in [0.15, 0.2) is 12.1 Å². The van der Waals surface area contributed by atoms with Crippen LogP contribution in [-0.2, 0) is 6.42 Å². The van der Waals surface area contributed by atoms with E-state index in [9.17, 15) is 4.39 Å². The molecule has 2 heteroatoms. The summed E-state index contributed by atoms with van der Waals surface area (Å²) < 4.78 is 13.5. The average Bonchev–Trinajstić information content (AvgIpc) is 2.37. The zero-order valence-electron chi connectivity index (χ0n) is 12.9. The van der Waals surface area contributed by atoms with Gasteiger partial charge in [-0.25, -0.2) is 4.39 Å². The van der Waals surface area contributed by atoms with Gasteiger partial charge in [-0.3, -0.25) is 0 Å². The second-order valence-electron chi connectivity index (χ2n) is 5.60. The van der Waals surface area contributed by atoms with Crippen LogP contribution in [0.5, 0.6) is 0 Å². The molecule has 2 N–H and O–H groups in total. The Morgan fingerprint density at radius 2 is 1.68 bits per heavy atom. The number of hydrogen-bond donors (Lipinski definition) is 1. The Morgan fingerprint density at radius 1 is 1.16 bits per heavy atom. The van der Waals surface area contributed by atoms with Crippen LogP contribution in [0.25, 0.3) is 0 Å². The predicted octanol–water partition coefficient (Wildman–Crippen LogP) is 4.53. The normalized spacial score (nSPS) is 16.3. The summed E-state index contributed by atoms with van der Waals surface area (Å²) in [7, 11) is 0. The van der Waals surface area contributed by atoms with Crippen molar-refractivity contribution >= 4 is 0 Å². The van der Waals surface area contributed by atoms with Crippen LogP contribution in [0.3, 0.4) is 0 Å². The van der Waals surface area contributed by atoms with Crippen LogP contribution < -0.4 is 5.73 Å². The maximum Gasteiger partial charge on any atom is 0.129 e. The van der Waals surface area contributed by atoms with Gasteiger partial charge in [-0.15, -0.1) is 0 Å². The Bertz CT molecular complexity index is 379. The Morgan fingerprint density at radius 3 is 2.05 bits per heavy atom. The molecule has 0 atom stereocenters. The molecule has 0 amide bonds. The van der Waals surface area contributed by atoms with Crippen molar-refractivity contribution in [2.75, 3.05) is 6.54 Å². The smallest absolute Gasteiger partial charge is 0.129 e. The monoisotopic (exact) mass is 265 g/mol. The van der Waals surface area contributed by atoms with E-state index in [4.69, 9.17) is 5.73 Å². The summed E-state index contributed by atoms with van der Waals surface area (Å²) in [6.07, 6.45) is 6.02. The first-order valence-electron chi connectivity index (χ1n) is 7.52. The molecule has 0 unspecified atom stereocenters. The van der Waals surface area contributed by atoms with Crippen molar-refractivity contribution in [3.8, 4) is 0 Å². The maximum atomic E-state index is 13.5. The minimum Gasteiger partial charge on any atom is -0.330 e. The molecule has 1 nitrogen and oxygen atoms in total. The quantitative estimate of drug-likeness (QED) is 0.850. The van der Waals surface area contributed by atoms with E-state index >= 15 is 0 Å². The Kier molecular flexibility index (Phi) is 5.99.